The maximum Gasteiger partial charge on any atom is 0.251 e. The van der Waals surface area contributed by atoms with E-state index >= 15 is 0 Å². The topological polar surface area (TPSA) is 99.8 Å². The van der Waals surface area contributed by atoms with E-state index in [-0.39, 0.29) is 11.8 Å². The zero-order valence-electron chi connectivity index (χ0n) is 17.2. The highest BCUT2D eigenvalue weighted by molar-refractivity contribution is 7.98. The Morgan fingerprint density at radius 2 is 1.90 bits per heavy atom. The normalized spacial score (nSPS) is 11.7. The predicted octanol–water partition coefficient (Wildman–Crippen LogP) is 3.58. The Labute approximate surface area is 180 Å². The first-order valence-electron chi connectivity index (χ1n) is 9.63. The molecule has 0 spiro atoms. The van der Waals surface area contributed by atoms with Gasteiger partial charge in [-0.1, -0.05) is 17.7 Å². The van der Waals surface area contributed by atoms with Crippen molar-refractivity contribution in [2.45, 2.75) is 26.3 Å². The number of aromatic amines is 1. The molecule has 0 aliphatic heterocycles. The van der Waals surface area contributed by atoms with Crippen LogP contribution in [0.4, 0.5) is 5.69 Å². The number of carbonyl (C=O) groups is 2. The molecule has 0 aliphatic carbocycles. The lowest BCUT2D eigenvalue weighted by molar-refractivity contribution is -0.118. The Kier molecular flexibility index (Phi) is 7.24. The molecule has 1 unspecified atom stereocenters. The van der Waals surface area contributed by atoms with E-state index in [2.05, 4.69) is 25.8 Å². The van der Waals surface area contributed by atoms with Crippen LogP contribution in [-0.2, 0) is 4.79 Å². The number of H-pyrrole nitrogens is 1. The van der Waals surface area contributed by atoms with Crippen molar-refractivity contribution < 1.29 is 9.59 Å². The third-order valence-corrected chi connectivity index (χ3v) is 5.16. The Bertz CT molecular complexity index is 1020. The second-order valence-corrected chi connectivity index (χ2v) is 7.97. The van der Waals surface area contributed by atoms with E-state index in [0.29, 0.717) is 23.5 Å². The van der Waals surface area contributed by atoms with Gasteiger partial charge in [-0.3, -0.25) is 14.7 Å². The van der Waals surface area contributed by atoms with Gasteiger partial charge in [0.15, 0.2) is 5.82 Å². The number of rotatable bonds is 8. The summed E-state index contributed by atoms with van der Waals surface area (Å²) < 4.78 is 0. The average Bonchev–Trinajstić information content (AvgIpc) is 3.17. The number of hydrogen-bond acceptors (Lipinski definition) is 5. The lowest BCUT2D eigenvalue weighted by Gasteiger charge is -2.18. The molecule has 0 aliphatic rings. The van der Waals surface area contributed by atoms with Crippen molar-refractivity contribution in [3.8, 4) is 11.4 Å². The smallest absolute Gasteiger partial charge is 0.251 e. The van der Waals surface area contributed by atoms with Crippen LogP contribution < -0.4 is 10.6 Å². The largest absolute Gasteiger partial charge is 0.340 e. The molecular formula is C22H25N5O2S. The lowest BCUT2D eigenvalue weighted by Crippen LogP contribution is -2.44. The number of hydrogen-bond donors (Lipinski definition) is 3. The first-order valence-corrected chi connectivity index (χ1v) is 11.0. The minimum atomic E-state index is -0.624. The van der Waals surface area contributed by atoms with Crippen molar-refractivity contribution in [3.05, 3.63) is 65.5 Å². The van der Waals surface area contributed by atoms with Gasteiger partial charge in [-0.2, -0.15) is 16.9 Å². The maximum absolute atomic E-state index is 12.8. The standard InChI is InChI=1S/C22H25N5O2S/c1-14-5-4-6-17(13-14)21(28)25-19(11-12-30-3)22(29)24-18-9-7-16(8-10-18)20-23-15(2)26-27-20/h4-10,13,19H,11-12H2,1-3H3,(H,24,29)(H,25,28)(H,23,26,27). The SMILES string of the molecule is CSCCC(NC(=O)c1cccc(C)c1)C(=O)Nc1ccc(-c2n[nH]c(C)n2)cc1. The summed E-state index contributed by atoms with van der Waals surface area (Å²) in [7, 11) is 0. The molecule has 30 heavy (non-hydrogen) atoms. The molecule has 0 fully saturated rings. The highest BCUT2D eigenvalue weighted by Gasteiger charge is 2.21. The maximum atomic E-state index is 12.8. The molecule has 3 aromatic rings. The third-order valence-electron chi connectivity index (χ3n) is 4.52. The number of benzene rings is 2. The van der Waals surface area contributed by atoms with E-state index in [1.54, 1.807) is 30.0 Å². The van der Waals surface area contributed by atoms with Crippen molar-refractivity contribution >= 4 is 29.3 Å². The summed E-state index contributed by atoms with van der Waals surface area (Å²) in [5.74, 6) is 1.61. The van der Waals surface area contributed by atoms with Gasteiger partial charge < -0.3 is 10.6 Å². The number of nitrogens with zero attached hydrogens (tertiary/aromatic N) is 2. The van der Waals surface area contributed by atoms with Gasteiger partial charge in [0.05, 0.1) is 0 Å². The van der Waals surface area contributed by atoms with E-state index in [1.807, 2.05) is 50.4 Å². The zero-order chi connectivity index (χ0) is 21.5. The van der Waals surface area contributed by atoms with Crippen LogP contribution in [0.25, 0.3) is 11.4 Å². The summed E-state index contributed by atoms with van der Waals surface area (Å²) in [4.78, 5) is 29.8. The zero-order valence-corrected chi connectivity index (χ0v) is 18.0. The Morgan fingerprint density at radius 3 is 2.53 bits per heavy atom. The fourth-order valence-electron chi connectivity index (χ4n) is 2.94. The summed E-state index contributed by atoms with van der Waals surface area (Å²) in [5, 5.41) is 12.7. The third kappa shape index (κ3) is 5.70. The molecule has 7 nitrogen and oxygen atoms in total. The van der Waals surface area contributed by atoms with Gasteiger partial charge in [0.2, 0.25) is 5.91 Å². The van der Waals surface area contributed by atoms with Crippen LogP contribution in [0.15, 0.2) is 48.5 Å². The molecule has 0 radical (unpaired) electrons. The molecule has 1 atom stereocenters. The fourth-order valence-corrected chi connectivity index (χ4v) is 3.41. The van der Waals surface area contributed by atoms with Gasteiger partial charge in [-0.25, -0.2) is 4.98 Å². The molecule has 8 heteroatoms. The summed E-state index contributed by atoms with van der Waals surface area (Å²) in [5.41, 5.74) is 3.04. The van der Waals surface area contributed by atoms with E-state index < -0.39 is 6.04 Å². The van der Waals surface area contributed by atoms with E-state index in [0.717, 1.165) is 22.7 Å². The molecule has 156 valence electrons. The van der Waals surface area contributed by atoms with Crippen LogP contribution in [0.1, 0.15) is 28.2 Å². The number of thioether (sulfide) groups is 1. The number of carbonyl (C=O) groups excluding carboxylic acids is 2. The highest BCUT2D eigenvalue weighted by Crippen LogP contribution is 2.18. The van der Waals surface area contributed by atoms with Gasteiger partial charge in [0, 0.05) is 16.8 Å². The van der Waals surface area contributed by atoms with Crippen molar-refractivity contribution in [1.82, 2.24) is 20.5 Å². The quantitative estimate of drug-likeness (QED) is 0.514. The number of aryl methyl sites for hydroxylation is 2. The van der Waals surface area contributed by atoms with Crippen LogP contribution in [0.5, 0.6) is 0 Å². The first-order chi connectivity index (χ1) is 14.5. The summed E-state index contributed by atoms with van der Waals surface area (Å²) in [6, 6.07) is 14.0. The van der Waals surface area contributed by atoms with Crippen molar-refractivity contribution in [2.24, 2.45) is 0 Å². The molecule has 0 saturated heterocycles. The van der Waals surface area contributed by atoms with Gasteiger partial charge in [0.25, 0.3) is 5.91 Å². The monoisotopic (exact) mass is 423 g/mol. The Balaban J connectivity index is 1.68. The van der Waals surface area contributed by atoms with Crippen molar-refractivity contribution in [1.29, 1.82) is 0 Å². The molecule has 1 heterocycles. The molecule has 2 amide bonds. The number of aromatic nitrogens is 3. The molecule has 1 aromatic heterocycles. The molecular weight excluding hydrogens is 398 g/mol. The predicted molar refractivity (Wildman–Crippen MR) is 121 cm³/mol. The van der Waals surface area contributed by atoms with Gasteiger partial charge >= 0.3 is 0 Å². The second kappa shape index (κ2) is 10.1. The van der Waals surface area contributed by atoms with Gasteiger partial charge in [-0.05, 0) is 68.7 Å². The summed E-state index contributed by atoms with van der Waals surface area (Å²) >= 11 is 1.63. The minimum Gasteiger partial charge on any atom is -0.340 e. The summed E-state index contributed by atoms with van der Waals surface area (Å²) in [6.45, 7) is 3.77. The number of amides is 2. The minimum absolute atomic E-state index is 0.244. The van der Waals surface area contributed by atoms with Gasteiger partial charge in [0.1, 0.15) is 11.9 Å². The van der Waals surface area contributed by atoms with Crippen LogP contribution in [0.2, 0.25) is 0 Å². The molecule has 2 aromatic carbocycles. The summed E-state index contributed by atoms with van der Waals surface area (Å²) in [6.07, 6.45) is 2.51. The van der Waals surface area contributed by atoms with E-state index in [1.165, 1.54) is 0 Å². The van der Waals surface area contributed by atoms with Crippen LogP contribution in [0.3, 0.4) is 0 Å². The molecule has 0 bridgehead atoms. The molecule has 0 saturated carbocycles. The van der Waals surface area contributed by atoms with Crippen LogP contribution >= 0.6 is 11.8 Å². The van der Waals surface area contributed by atoms with E-state index in [9.17, 15) is 9.59 Å². The molecule has 3 N–H and O–H groups in total. The van der Waals surface area contributed by atoms with E-state index in [4.69, 9.17) is 0 Å². The highest BCUT2D eigenvalue weighted by atomic mass is 32.2. The fraction of sp³-hybridized carbons (Fsp3) is 0.273. The second-order valence-electron chi connectivity index (χ2n) is 6.99. The van der Waals surface area contributed by atoms with Crippen molar-refractivity contribution in [3.63, 3.8) is 0 Å². The van der Waals surface area contributed by atoms with Gasteiger partial charge in [-0.15, -0.1) is 0 Å². The Hall–Kier alpha value is -3.13. The number of anilines is 1. The lowest BCUT2D eigenvalue weighted by atomic mass is 10.1. The van der Waals surface area contributed by atoms with Crippen molar-refractivity contribution in [2.75, 3.05) is 17.3 Å². The van der Waals surface area contributed by atoms with Crippen LogP contribution in [-0.4, -0.2) is 45.0 Å². The van der Waals surface area contributed by atoms with Crippen LogP contribution in [0, 0.1) is 13.8 Å². The number of nitrogens with one attached hydrogen (secondary N) is 3. The average molecular weight is 424 g/mol. The molecule has 3 rings (SSSR count). The first kappa shape index (κ1) is 21.6. The Morgan fingerprint density at radius 1 is 1.13 bits per heavy atom.